The second-order valence-electron chi connectivity index (χ2n) is 6.28. The highest BCUT2D eigenvalue weighted by Gasteiger charge is 2.34. The lowest BCUT2D eigenvalue weighted by atomic mass is 10.1. The van der Waals surface area contributed by atoms with E-state index < -0.39 is 17.5 Å². The van der Waals surface area contributed by atoms with E-state index in [2.05, 4.69) is 10.4 Å². The molecule has 5 nitrogen and oxygen atoms in total. The zero-order chi connectivity index (χ0) is 19.8. The smallest absolute Gasteiger partial charge is 0.271 e. The molecule has 1 aromatic heterocycles. The molecule has 1 aliphatic heterocycles. The molecule has 1 atom stereocenters. The number of aromatic nitrogens is 1. The molecule has 1 aliphatic rings. The minimum Gasteiger partial charge on any atom is -0.271 e. The Morgan fingerprint density at radius 2 is 1.63 bits per heavy atom. The minimum atomic E-state index is -3.15. The van der Waals surface area contributed by atoms with Crippen LogP contribution in [0.3, 0.4) is 0 Å². The molecule has 0 radical (unpaired) electrons. The van der Waals surface area contributed by atoms with E-state index in [1.807, 2.05) is 30.3 Å². The normalized spacial score (nSPS) is 14.9. The number of alkyl halides is 2. The van der Waals surface area contributed by atoms with Gasteiger partial charge >= 0.3 is 0 Å². The second-order valence-corrected chi connectivity index (χ2v) is 7.01. The number of rotatable bonds is 5. The first-order chi connectivity index (χ1) is 12.7. The lowest BCUT2D eigenvalue weighted by Crippen LogP contribution is -2.37. The number of carbonyl (C=O) groups excluding carboxylic acids is 2. The number of amides is 2. The summed E-state index contributed by atoms with van der Waals surface area (Å²) in [4.78, 5) is 28.6. The molecule has 2 aromatic rings. The van der Waals surface area contributed by atoms with Crippen LogP contribution in [-0.2, 0) is 21.7 Å². The predicted molar refractivity (Wildman–Crippen MR) is 101 cm³/mol. The Labute approximate surface area is 157 Å². The summed E-state index contributed by atoms with van der Waals surface area (Å²) in [6.45, 7) is 3.12. The van der Waals surface area contributed by atoms with Gasteiger partial charge in [-0.05, 0) is 31.5 Å². The first-order valence-electron chi connectivity index (χ1n) is 8.22. The monoisotopic (exact) mass is 389 g/mol. The maximum Gasteiger partial charge on any atom is 0.285 e. The van der Waals surface area contributed by atoms with Crippen LogP contribution in [0.25, 0.3) is 0 Å². The first kappa shape index (κ1) is 19.1. The number of nitrogens with zero attached hydrogens (tertiary/aromatic N) is 2. The Hall–Kier alpha value is -2.66. The van der Waals surface area contributed by atoms with Gasteiger partial charge in [0.05, 0.1) is 5.69 Å². The Balaban J connectivity index is 1.93. The fraction of sp³-hybridized carbons (Fsp3) is 0.211. The fourth-order valence-electron chi connectivity index (χ4n) is 2.76. The van der Waals surface area contributed by atoms with E-state index in [1.165, 1.54) is 21.4 Å². The van der Waals surface area contributed by atoms with Gasteiger partial charge in [-0.15, -0.1) is 0 Å². The molecule has 0 fully saturated rings. The summed E-state index contributed by atoms with van der Waals surface area (Å²) in [6.07, 6.45) is 0.188. The van der Waals surface area contributed by atoms with Gasteiger partial charge in [-0.1, -0.05) is 39.6 Å². The Morgan fingerprint density at radius 1 is 1.04 bits per heavy atom. The topological polar surface area (TPSA) is 62.3 Å². The van der Waals surface area contributed by atoms with Crippen molar-refractivity contribution in [2.45, 2.75) is 25.9 Å². The number of hydrazine groups is 1. The van der Waals surface area contributed by atoms with Gasteiger partial charge < -0.3 is 0 Å². The van der Waals surface area contributed by atoms with E-state index in [4.69, 9.17) is 0 Å². The molecular formula is C19H18F2N3O2P. The second kappa shape index (κ2) is 7.16. The average Bonchev–Trinajstić information content (AvgIpc) is 2.80. The van der Waals surface area contributed by atoms with Crippen LogP contribution in [-0.4, -0.2) is 21.8 Å². The third kappa shape index (κ3) is 3.88. The third-order valence-electron chi connectivity index (χ3n) is 4.38. The number of benzene rings is 1. The van der Waals surface area contributed by atoms with E-state index in [0.29, 0.717) is 11.1 Å². The van der Waals surface area contributed by atoms with E-state index in [-0.39, 0.29) is 23.5 Å². The van der Waals surface area contributed by atoms with Crippen LogP contribution in [0.2, 0.25) is 0 Å². The quantitative estimate of drug-likeness (QED) is 0.627. The number of carbonyl (C=O) groups is 2. The van der Waals surface area contributed by atoms with Crippen LogP contribution in [0, 0.1) is 0 Å². The molecule has 1 aromatic carbocycles. The van der Waals surface area contributed by atoms with Gasteiger partial charge in [-0.3, -0.25) is 15.0 Å². The maximum absolute atomic E-state index is 14.0. The highest BCUT2D eigenvalue weighted by atomic mass is 31.0. The largest absolute Gasteiger partial charge is 0.285 e. The summed E-state index contributed by atoms with van der Waals surface area (Å²) in [7, 11) is 1.51. The minimum absolute atomic E-state index is 0.142. The highest BCUT2D eigenvalue weighted by molar-refractivity contribution is 7.17. The summed E-state index contributed by atoms with van der Waals surface area (Å²) in [5, 5.41) is 0.845. The van der Waals surface area contributed by atoms with E-state index >= 15 is 0 Å². The molecule has 27 heavy (non-hydrogen) atoms. The van der Waals surface area contributed by atoms with Gasteiger partial charge in [-0.25, -0.2) is 4.98 Å². The molecule has 2 heterocycles. The molecule has 0 bridgehead atoms. The van der Waals surface area contributed by atoms with Crippen LogP contribution < -0.4 is 5.43 Å². The van der Waals surface area contributed by atoms with E-state index in [9.17, 15) is 18.4 Å². The number of hydrogen-bond donors (Lipinski definition) is 1. The van der Waals surface area contributed by atoms with E-state index in [0.717, 1.165) is 10.6 Å². The molecule has 1 unspecified atom stereocenters. The van der Waals surface area contributed by atoms with Crippen molar-refractivity contribution in [3.63, 3.8) is 0 Å². The summed E-state index contributed by atoms with van der Waals surface area (Å²) in [5.74, 6) is -0.822. The first-order valence-corrected chi connectivity index (χ1v) is 8.80. The highest BCUT2D eigenvalue weighted by Crippen LogP contribution is 2.37. The lowest BCUT2D eigenvalue weighted by molar-refractivity contribution is -0.135. The molecule has 2 amide bonds. The molecule has 140 valence electrons. The molecule has 0 spiro atoms. The zero-order valence-electron chi connectivity index (χ0n) is 14.8. The molecular weight excluding hydrogens is 371 g/mol. The van der Waals surface area contributed by atoms with Crippen molar-refractivity contribution in [2.75, 3.05) is 5.43 Å². The zero-order valence-corrected chi connectivity index (χ0v) is 15.9. The SMILES string of the molecule is CC1=C(C)C(=O)N(Nc2ccc(C(F)(F)P)c(Cc3ccccc3)n2)C1=O. The van der Waals surface area contributed by atoms with Gasteiger partial charge in [0.1, 0.15) is 5.82 Å². The van der Waals surface area contributed by atoms with Gasteiger partial charge in [-0.2, -0.15) is 13.8 Å². The summed E-state index contributed by atoms with van der Waals surface area (Å²) in [6, 6.07) is 11.7. The van der Waals surface area contributed by atoms with Crippen molar-refractivity contribution in [3.05, 3.63) is 70.4 Å². The molecule has 0 aliphatic carbocycles. The Bertz CT molecular complexity index is 916. The molecule has 1 N–H and O–H groups in total. The van der Waals surface area contributed by atoms with Gasteiger partial charge in [0.2, 0.25) is 0 Å². The third-order valence-corrected chi connectivity index (χ3v) is 4.70. The van der Waals surface area contributed by atoms with Crippen LogP contribution in [0.4, 0.5) is 14.6 Å². The number of pyridine rings is 1. The maximum atomic E-state index is 14.0. The molecule has 3 rings (SSSR count). The summed E-state index contributed by atoms with van der Waals surface area (Å²) < 4.78 is 27.9. The van der Waals surface area contributed by atoms with Gasteiger partial charge in [0.15, 0.2) is 0 Å². The Kier molecular flexibility index (Phi) is 5.07. The van der Waals surface area contributed by atoms with Crippen LogP contribution in [0.5, 0.6) is 0 Å². The predicted octanol–water partition coefficient (Wildman–Crippen LogP) is 3.63. The number of anilines is 1. The van der Waals surface area contributed by atoms with Crippen LogP contribution in [0.1, 0.15) is 30.7 Å². The number of nitrogens with one attached hydrogen (secondary N) is 1. The van der Waals surface area contributed by atoms with E-state index in [1.54, 1.807) is 13.8 Å². The number of imide groups is 1. The van der Waals surface area contributed by atoms with Crippen molar-refractivity contribution in [2.24, 2.45) is 0 Å². The Morgan fingerprint density at radius 3 is 2.19 bits per heavy atom. The van der Waals surface area contributed by atoms with Crippen molar-refractivity contribution in [1.82, 2.24) is 9.99 Å². The molecule has 8 heteroatoms. The number of hydrogen-bond acceptors (Lipinski definition) is 4. The standard InChI is InChI=1S/C19H18F2N3O2P/c1-11-12(2)18(26)24(17(11)25)23-16-9-8-14(19(20,21)27)15(22-16)10-13-6-4-3-5-7-13/h3-9H,10,27H2,1-2H3,(H,22,23). The van der Waals surface area contributed by atoms with Crippen molar-refractivity contribution in [1.29, 1.82) is 0 Å². The van der Waals surface area contributed by atoms with Crippen LogP contribution >= 0.6 is 9.24 Å². The average molecular weight is 389 g/mol. The van der Waals surface area contributed by atoms with Crippen molar-refractivity contribution in [3.8, 4) is 0 Å². The van der Waals surface area contributed by atoms with Gasteiger partial charge in [0, 0.05) is 23.1 Å². The van der Waals surface area contributed by atoms with Crippen LogP contribution in [0.15, 0.2) is 53.6 Å². The molecule has 0 saturated carbocycles. The van der Waals surface area contributed by atoms with Crippen molar-refractivity contribution < 1.29 is 18.4 Å². The fourth-order valence-corrected chi connectivity index (χ4v) is 3.02. The lowest BCUT2D eigenvalue weighted by Gasteiger charge is -2.20. The van der Waals surface area contributed by atoms with Crippen molar-refractivity contribution >= 4 is 26.9 Å². The summed E-state index contributed by atoms with van der Waals surface area (Å²) >= 11 is 0. The molecule has 0 saturated heterocycles. The summed E-state index contributed by atoms with van der Waals surface area (Å²) in [5.41, 5.74) is 0.911. The number of halogens is 2. The van der Waals surface area contributed by atoms with Gasteiger partial charge in [0.25, 0.3) is 17.5 Å².